The molecule has 0 aliphatic rings. The number of pyridine rings is 1. The average Bonchev–Trinajstić information content (AvgIpc) is 2.81. The van der Waals surface area contributed by atoms with E-state index in [1.165, 1.54) is 19.4 Å². The molecule has 0 radical (unpaired) electrons. The number of carboxylic acid groups (broad SMARTS) is 1. The summed E-state index contributed by atoms with van der Waals surface area (Å²) in [6.45, 7) is 0.627. The lowest BCUT2D eigenvalue weighted by Gasteiger charge is -2.20. The van der Waals surface area contributed by atoms with Gasteiger partial charge in [-0.25, -0.2) is 13.2 Å². The summed E-state index contributed by atoms with van der Waals surface area (Å²) in [4.78, 5) is 17.7. The highest BCUT2D eigenvalue weighted by atomic mass is 19.1. The maximum atomic E-state index is 14.5. The zero-order valence-corrected chi connectivity index (χ0v) is 19.1. The van der Waals surface area contributed by atoms with E-state index in [4.69, 9.17) is 4.74 Å². The van der Waals surface area contributed by atoms with Gasteiger partial charge < -0.3 is 14.7 Å². The first-order valence-electron chi connectivity index (χ1n) is 10.9. The molecule has 34 heavy (non-hydrogen) atoms. The molecule has 0 amide bonds. The van der Waals surface area contributed by atoms with Crippen LogP contribution in [0.5, 0.6) is 5.75 Å². The third kappa shape index (κ3) is 6.57. The second-order valence-electron chi connectivity index (χ2n) is 8.18. The molecule has 1 atom stereocenters. The number of nitrogens with zero attached hydrogens (tertiary/aromatic N) is 2. The van der Waals surface area contributed by atoms with E-state index in [0.717, 1.165) is 18.2 Å². The van der Waals surface area contributed by atoms with E-state index in [0.29, 0.717) is 48.0 Å². The van der Waals surface area contributed by atoms with Gasteiger partial charge >= 0.3 is 5.97 Å². The Morgan fingerprint density at radius 2 is 1.97 bits per heavy atom. The fourth-order valence-corrected chi connectivity index (χ4v) is 3.85. The van der Waals surface area contributed by atoms with Crippen LogP contribution in [0.2, 0.25) is 0 Å². The zero-order chi connectivity index (χ0) is 24.7. The van der Waals surface area contributed by atoms with Gasteiger partial charge in [0, 0.05) is 24.0 Å². The van der Waals surface area contributed by atoms with Gasteiger partial charge in [0.1, 0.15) is 23.2 Å². The fraction of sp³-hybridized carbons (Fsp3) is 0.308. The SMILES string of the molecule is COc1ccc2ncc(F)c(CCCC(CN(C)CC=Cc3cc(F)ccc3F)C(=O)O)c2c1. The molecule has 0 spiro atoms. The van der Waals surface area contributed by atoms with E-state index in [9.17, 15) is 23.1 Å². The van der Waals surface area contributed by atoms with Crippen LogP contribution in [-0.4, -0.2) is 48.2 Å². The molecule has 0 fully saturated rings. The first-order chi connectivity index (χ1) is 16.3. The summed E-state index contributed by atoms with van der Waals surface area (Å²) in [5.74, 6) is -2.49. The monoisotopic (exact) mass is 472 g/mol. The Labute approximate surface area is 196 Å². The topological polar surface area (TPSA) is 62.7 Å². The summed E-state index contributed by atoms with van der Waals surface area (Å²) in [6.07, 6.45) is 5.50. The smallest absolute Gasteiger partial charge is 0.307 e. The molecule has 180 valence electrons. The highest BCUT2D eigenvalue weighted by Gasteiger charge is 2.20. The van der Waals surface area contributed by atoms with Crippen LogP contribution >= 0.6 is 0 Å². The molecule has 1 aromatic heterocycles. The number of rotatable bonds is 11. The first kappa shape index (κ1) is 25.2. The van der Waals surface area contributed by atoms with Crippen molar-refractivity contribution in [2.45, 2.75) is 19.3 Å². The Kier molecular flexibility index (Phi) is 8.65. The maximum absolute atomic E-state index is 14.5. The van der Waals surface area contributed by atoms with E-state index in [-0.39, 0.29) is 12.1 Å². The number of hydrogen-bond donors (Lipinski definition) is 1. The minimum atomic E-state index is -0.936. The summed E-state index contributed by atoms with van der Waals surface area (Å²) >= 11 is 0. The molecule has 0 saturated carbocycles. The van der Waals surface area contributed by atoms with Gasteiger partial charge in [-0.15, -0.1) is 0 Å². The first-order valence-corrected chi connectivity index (χ1v) is 10.9. The fourth-order valence-electron chi connectivity index (χ4n) is 3.85. The number of halogens is 3. The Balaban J connectivity index is 1.59. The van der Waals surface area contributed by atoms with E-state index in [1.807, 2.05) is 0 Å². The van der Waals surface area contributed by atoms with Gasteiger partial charge in [0.15, 0.2) is 0 Å². The van der Waals surface area contributed by atoms with Gasteiger partial charge in [-0.05, 0) is 68.3 Å². The quantitative estimate of drug-likeness (QED) is 0.409. The molecule has 5 nitrogen and oxygen atoms in total. The maximum Gasteiger partial charge on any atom is 0.307 e. The molecule has 8 heteroatoms. The molecule has 0 aliphatic heterocycles. The van der Waals surface area contributed by atoms with Crippen LogP contribution in [0.4, 0.5) is 13.2 Å². The van der Waals surface area contributed by atoms with Crippen LogP contribution in [0.1, 0.15) is 24.0 Å². The van der Waals surface area contributed by atoms with Crippen LogP contribution in [-0.2, 0) is 11.2 Å². The van der Waals surface area contributed by atoms with Crippen LogP contribution in [0.15, 0.2) is 48.7 Å². The largest absolute Gasteiger partial charge is 0.497 e. The summed E-state index contributed by atoms with van der Waals surface area (Å²) in [6, 6.07) is 8.46. The van der Waals surface area contributed by atoms with Gasteiger partial charge in [-0.2, -0.15) is 0 Å². The van der Waals surface area contributed by atoms with E-state index >= 15 is 0 Å². The third-order valence-corrected chi connectivity index (χ3v) is 5.67. The summed E-state index contributed by atoms with van der Waals surface area (Å²) in [5.41, 5.74) is 1.26. The van der Waals surface area contributed by atoms with Crippen LogP contribution in [0.25, 0.3) is 17.0 Å². The predicted octanol–water partition coefficient (Wildman–Crippen LogP) is 5.33. The number of carboxylic acids is 1. The number of aliphatic carboxylic acids is 1. The van der Waals surface area contributed by atoms with Gasteiger partial charge in [-0.1, -0.05) is 12.2 Å². The van der Waals surface area contributed by atoms with Crippen molar-refractivity contribution in [1.29, 1.82) is 0 Å². The minimum absolute atomic E-state index is 0.131. The van der Waals surface area contributed by atoms with Crippen molar-refractivity contribution in [3.63, 3.8) is 0 Å². The molecule has 1 N–H and O–H groups in total. The van der Waals surface area contributed by atoms with E-state index < -0.39 is 29.3 Å². The molecule has 1 unspecified atom stereocenters. The van der Waals surface area contributed by atoms with Crippen LogP contribution in [0, 0.1) is 23.4 Å². The minimum Gasteiger partial charge on any atom is -0.497 e. The molecule has 2 aromatic carbocycles. The number of benzene rings is 2. The molecule has 3 aromatic rings. The number of aryl methyl sites for hydroxylation is 1. The van der Waals surface area contributed by atoms with Crippen molar-refractivity contribution in [3.05, 3.63) is 77.2 Å². The summed E-state index contributed by atoms with van der Waals surface area (Å²) < 4.78 is 46.7. The number of likely N-dealkylation sites (N-methyl/N-ethyl adjacent to an activating group) is 1. The summed E-state index contributed by atoms with van der Waals surface area (Å²) in [5, 5.41) is 10.3. The highest BCUT2D eigenvalue weighted by Crippen LogP contribution is 2.26. The zero-order valence-electron chi connectivity index (χ0n) is 19.1. The number of carbonyl (C=O) groups is 1. The lowest BCUT2D eigenvalue weighted by atomic mass is 9.97. The van der Waals surface area contributed by atoms with Crippen molar-refractivity contribution in [2.75, 3.05) is 27.2 Å². The standard InChI is InChI=1S/C26H27F3N2O3/c1-31(12-4-6-17-13-19(27)8-10-23(17)28)16-18(26(32)33)5-3-7-21-22-14-20(34-2)9-11-25(22)30-15-24(21)29/h4,6,8-11,13-15,18H,3,5,7,12,16H2,1-2H3,(H,32,33). The molecule has 0 bridgehead atoms. The van der Waals surface area contributed by atoms with Crippen LogP contribution in [0.3, 0.4) is 0 Å². The Hall–Kier alpha value is -3.39. The van der Waals surface area contributed by atoms with Crippen molar-refractivity contribution < 1.29 is 27.8 Å². The van der Waals surface area contributed by atoms with Gasteiger partial charge in [-0.3, -0.25) is 9.78 Å². The molecule has 1 heterocycles. The Morgan fingerprint density at radius 3 is 2.71 bits per heavy atom. The number of fused-ring (bicyclic) bond motifs is 1. The second kappa shape index (κ2) is 11.7. The normalized spacial score (nSPS) is 12.5. The van der Waals surface area contributed by atoms with Crippen molar-refractivity contribution in [2.24, 2.45) is 5.92 Å². The number of methoxy groups -OCH3 is 1. The predicted molar refractivity (Wildman–Crippen MR) is 125 cm³/mol. The number of ether oxygens (including phenoxy) is 1. The Morgan fingerprint density at radius 1 is 1.18 bits per heavy atom. The Bertz CT molecular complexity index is 1180. The van der Waals surface area contributed by atoms with Crippen molar-refractivity contribution in [3.8, 4) is 5.75 Å². The lowest BCUT2D eigenvalue weighted by molar-refractivity contribution is -0.142. The third-order valence-electron chi connectivity index (χ3n) is 5.67. The lowest BCUT2D eigenvalue weighted by Crippen LogP contribution is -2.30. The van der Waals surface area contributed by atoms with Gasteiger partial charge in [0.2, 0.25) is 0 Å². The number of hydrogen-bond acceptors (Lipinski definition) is 4. The van der Waals surface area contributed by atoms with Crippen molar-refractivity contribution >= 4 is 22.9 Å². The van der Waals surface area contributed by atoms with E-state index in [2.05, 4.69) is 4.98 Å². The highest BCUT2D eigenvalue weighted by molar-refractivity contribution is 5.83. The molecular formula is C26H27F3N2O3. The summed E-state index contributed by atoms with van der Waals surface area (Å²) in [7, 11) is 3.29. The molecule has 0 aliphatic carbocycles. The molecule has 3 rings (SSSR count). The second-order valence-corrected chi connectivity index (χ2v) is 8.18. The number of aromatic nitrogens is 1. The molecule has 0 saturated heterocycles. The average molecular weight is 473 g/mol. The molecular weight excluding hydrogens is 445 g/mol. The van der Waals surface area contributed by atoms with Crippen molar-refractivity contribution in [1.82, 2.24) is 9.88 Å². The van der Waals surface area contributed by atoms with Crippen LogP contribution < -0.4 is 4.74 Å². The van der Waals surface area contributed by atoms with Gasteiger partial charge in [0.05, 0.1) is 24.7 Å². The van der Waals surface area contributed by atoms with E-state index in [1.54, 1.807) is 36.2 Å². The van der Waals surface area contributed by atoms with Gasteiger partial charge in [0.25, 0.3) is 0 Å².